The van der Waals surface area contributed by atoms with Gasteiger partial charge in [0.2, 0.25) is 0 Å². The Bertz CT molecular complexity index is 513. The van der Waals surface area contributed by atoms with Gasteiger partial charge in [-0.1, -0.05) is 12.8 Å². The molecule has 0 atom stereocenters. The molecule has 3 rings (SSSR count). The first-order valence-electron chi connectivity index (χ1n) is 7.38. The summed E-state index contributed by atoms with van der Waals surface area (Å²) in [5, 5.41) is 8.85. The van der Waals surface area contributed by atoms with E-state index >= 15 is 0 Å². The Balaban J connectivity index is 1.72. The van der Waals surface area contributed by atoms with Gasteiger partial charge in [0, 0.05) is 18.8 Å². The molecule has 2 fully saturated rings. The summed E-state index contributed by atoms with van der Waals surface area (Å²) in [6, 6.07) is 4.45. The standard InChI is InChI=1S/C16H20FNO2/c17-14-11-12(3-4-13(14)15(19)20)18-9-7-16(8-10-18)5-1-2-6-16/h3-4,11H,1-2,5-10H2,(H,19,20). The fourth-order valence-corrected chi connectivity index (χ4v) is 3.74. The van der Waals surface area contributed by atoms with E-state index in [0.29, 0.717) is 5.41 Å². The molecule has 0 amide bonds. The number of hydrogen-bond acceptors (Lipinski definition) is 2. The highest BCUT2D eigenvalue weighted by atomic mass is 19.1. The largest absolute Gasteiger partial charge is 0.478 e. The van der Waals surface area contributed by atoms with E-state index < -0.39 is 11.8 Å². The van der Waals surface area contributed by atoms with Crippen molar-refractivity contribution in [3.8, 4) is 0 Å². The average Bonchev–Trinajstić information content (AvgIpc) is 2.87. The molecular formula is C16H20FNO2. The van der Waals surface area contributed by atoms with Crippen molar-refractivity contribution in [2.45, 2.75) is 38.5 Å². The van der Waals surface area contributed by atoms with Crippen molar-refractivity contribution < 1.29 is 14.3 Å². The smallest absolute Gasteiger partial charge is 0.338 e. The van der Waals surface area contributed by atoms with Crippen molar-refractivity contribution in [1.29, 1.82) is 0 Å². The Kier molecular flexibility index (Phi) is 3.40. The topological polar surface area (TPSA) is 40.5 Å². The van der Waals surface area contributed by atoms with Crippen LogP contribution in [0.1, 0.15) is 48.9 Å². The Morgan fingerprint density at radius 1 is 1.15 bits per heavy atom. The fraction of sp³-hybridized carbons (Fsp3) is 0.562. The second kappa shape index (κ2) is 5.08. The molecule has 1 N–H and O–H groups in total. The third-order valence-corrected chi connectivity index (χ3v) is 5.04. The molecule has 4 heteroatoms. The van der Waals surface area contributed by atoms with Crippen LogP contribution < -0.4 is 4.90 Å². The molecule has 0 bridgehead atoms. The van der Waals surface area contributed by atoms with Gasteiger partial charge >= 0.3 is 5.97 Å². The number of nitrogens with zero attached hydrogens (tertiary/aromatic N) is 1. The second-order valence-electron chi connectivity index (χ2n) is 6.16. The van der Waals surface area contributed by atoms with Crippen LogP contribution in [0.4, 0.5) is 10.1 Å². The molecule has 1 saturated heterocycles. The van der Waals surface area contributed by atoms with Crippen LogP contribution in [0.5, 0.6) is 0 Å². The number of carbonyl (C=O) groups is 1. The van der Waals surface area contributed by atoms with Gasteiger partial charge in [-0.25, -0.2) is 9.18 Å². The predicted molar refractivity (Wildman–Crippen MR) is 75.7 cm³/mol. The monoisotopic (exact) mass is 277 g/mol. The summed E-state index contributed by atoms with van der Waals surface area (Å²) in [4.78, 5) is 13.0. The first-order chi connectivity index (χ1) is 9.60. The van der Waals surface area contributed by atoms with Crippen molar-refractivity contribution >= 4 is 11.7 Å². The number of halogens is 1. The summed E-state index contributed by atoms with van der Waals surface area (Å²) >= 11 is 0. The lowest BCUT2D eigenvalue weighted by Gasteiger charge is -2.40. The average molecular weight is 277 g/mol. The zero-order valence-corrected chi connectivity index (χ0v) is 11.6. The number of rotatable bonds is 2. The summed E-state index contributed by atoms with van der Waals surface area (Å²) < 4.78 is 13.7. The third-order valence-electron chi connectivity index (χ3n) is 5.04. The number of carboxylic acid groups (broad SMARTS) is 1. The van der Waals surface area contributed by atoms with E-state index in [2.05, 4.69) is 4.90 Å². The molecule has 20 heavy (non-hydrogen) atoms. The van der Waals surface area contributed by atoms with Crippen LogP contribution in [0.15, 0.2) is 18.2 Å². The Morgan fingerprint density at radius 3 is 2.35 bits per heavy atom. The van der Waals surface area contributed by atoms with Gasteiger partial charge in [0.05, 0.1) is 5.56 Å². The van der Waals surface area contributed by atoms with Crippen LogP contribution in [0.3, 0.4) is 0 Å². The highest BCUT2D eigenvalue weighted by Gasteiger charge is 2.36. The van der Waals surface area contributed by atoms with Gasteiger partial charge in [0.1, 0.15) is 5.82 Å². The lowest BCUT2D eigenvalue weighted by Crippen LogP contribution is -2.38. The Morgan fingerprint density at radius 2 is 1.80 bits per heavy atom. The van der Waals surface area contributed by atoms with Crippen LogP contribution in [0.25, 0.3) is 0 Å². The molecule has 1 aromatic rings. The summed E-state index contributed by atoms with van der Waals surface area (Å²) in [6.45, 7) is 1.90. The van der Waals surface area contributed by atoms with E-state index in [4.69, 9.17) is 5.11 Å². The van der Waals surface area contributed by atoms with Crippen LogP contribution in [-0.4, -0.2) is 24.2 Å². The van der Waals surface area contributed by atoms with E-state index in [-0.39, 0.29) is 5.56 Å². The van der Waals surface area contributed by atoms with Gasteiger partial charge in [-0.15, -0.1) is 0 Å². The van der Waals surface area contributed by atoms with Crippen LogP contribution in [0.2, 0.25) is 0 Å². The minimum atomic E-state index is -1.21. The number of hydrogen-bond donors (Lipinski definition) is 1. The SMILES string of the molecule is O=C(O)c1ccc(N2CCC3(CCCC3)CC2)cc1F. The van der Waals surface area contributed by atoms with Crippen molar-refractivity contribution in [1.82, 2.24) is 0 Å². The summed E-state index contributed by atoms with van der Waals surface area (Å²) in [6.07, 6.45) is 7.73. The molecule has 1 aliphatic heterocycles. The molecule has 108 valence electrons. The van der Waals surface area contributed by atoms with E-state index in [0.717, 1.165) is 18.8 Å². The first-order valence-corrected chi connectivity index (χ1v) is 7.38. The number of anilines is 1. The van der Waals surface area contributed by atoms with E-state index in [1.807, 2.05) is 0 Å². The van der Waals surface area contributed by atoms with Crippen molar-refractivity contribution in [2.75, 3.05) is 18.0 Å². The summed E-state index contributed by atoms with van der Waals surface area (Å²) in [7, 11) is 0. The predicted octanol–water partition coefficient (Wildman–Crippen LogP) is 3.68. The van der Waals surface area contributed by atoms with Crippen molar-refractivity contribution in [2.24, 2.45) is 5.41 Å². The summed E-state index contributed by atoms with van der Waals surface area (Å²) in [5.41, 5.74) is 1.09. The number of carboxylic acids is 1. The minimum Gasteiger partial charge on any atom is -0.478 e. The normalized spacial score (nSPS) is 21.4. The quantitative estimate of drug-likeness (QED) is 0.896. The molecular weight excluding hydrogens is 257 g/mol. The van der Waals surface area contributed by atoms with E-state index in [1.165, 1.54) is 50.7 Å². The molecule has 0 radical (unpaired) electrons. The van der Waals surface area contributed by atoms with Crippen LogP contribution in [0, 0.1) is 11.2 Å². The van der Waals surface area contributed by atoms with Gasteiger partial charge in [-0.3, -0.25) is 0 Å². The highest BCUT2D eigenvalue weighted by Crippen LogP contribution is 2.46. The molecule has 0 aromatic heterocycles. The lowest BCUT2D eigenvalue weighted by atomic mass is 9.77. The second-order valence-corrected chi connectivity index (χ2v) is 6.16. The van der Waals surface area contributed by atoms with Crippen molar-refractivity contribution in [3.05, 3.63) is 29.6 Å². The van der Waals surface area contributed by atoms with Crippen LogP contribution >= 0.6 is 0 Å². The van der Waals surface area contributed by atoms with Gasteiger partial charge in [0.25, 0.3) is 0 Å². The van der Waals surface area contributed by atoms with Crippen molar-refractivity contribution in [3.63, 3.8) is 0 Å². The molecule has 1 saturated carbocycles. The summed E-state index contributed by atoms with van der Waals surface area (Å²) in [5.74, 6) is -1.85. The fourth-order valence-electron chi connectivity index (χ4n) is 3.74. The maximum atomic E-state index is 13.7. The van der Waals surface area contributed by atoms with Gasteiger partial charge in [0.15, 0.2) is 0 Å². The molecule has 3 nitrogen and oxygen atoms in total. The van der Waals surface area contributed by atoms with E-state index in [1.54, 1.807) is 6.07 Å². The van der Waals surface area contributed by atoms with Gasteiger partial charge < -0.3 is 10.0 Å². The zero-order valence-electron chi connectivity index (χ0n) is 11.6. The third kappa shape index (κ3) is 2.39. The van der Waals surface area contributed by atoms with Crippen LogP contribution in [-0.2, 0) is 0 Å². The maximum Gasteiger partial charge on any atom is 0.338 e. The molecule has 1 aromatic carbocycles. The molecule has 2 aliphatic rings. The maximum absolute atomic E-state index is 13.7. The minimum absolute atomic E-state index is 0.252. The molecule has 1 spiro atoms. The first kappa shape index (κ1) is 13.4. The zero-order chi connectivity index (χ0) is 14.2. The number of piperidine rings is 1. The Hall–Kier alpha value is -1.58. The Labute approximate surface area is 118 Å². The number of benzene rings is 1. The lowest BCUT2D eigenvalue weighted by molar-refractivity contribution is 0.0692. The van der Waals surface area contributed by atoms with Gasteiger partial charge in [-0.2, -0.15) is 0 Å². The molecule has 0 unspecified atom stereocenters. The highest BCUT2D eigenvalue weighted by molar-refractivity contribution is 5.88. The molecule has 1 aliphatic carbocycles. The van der Waals surface area contributed by atoms with Gasteiger partial charge in [-0.05, 0) is 49.3 Å². The molecule has 1 heterocycles. The number of aromatic carboxylic acids is 1. The van der Waals surface area contributed by atoms with E-state index in [9.17, 15) is 9.18 Å².